The lowest BCUT2D eigenvalue weighted by Gasteiger charge is -2.10. The molecule has 3 N–H and O–H groups in total. The number of nitrogens with two attached hydrogens (primary N) is 1. The van der Waals surface area contributed by atoms with Crippen molar-refractivity contribution < 1.29 is 9.84 Å². The summed E-state index contributed by atoms with van der Waals surface area (Å²) in [6.07, 6.45) is 1.75. The molecule has 0 aliphatic heterocycles. The molecule has 0 fully saturated rings. The van der Waals surface area contributed by atoms with Crippen LogP contribution >= 0.6 is 0 Å². The first-order valence-corrected chi connectivity index (χ1v) is 6.72. The molecule has 1 aromatic heterocycles. The van der Waals surface area contributed by atoms with Crippen molar-refractivity contribution >= 4 is 16.6 Å². The Hall–Kier alpha value is -2.59. The summed E-state index contributed by atoms with van der Waals surface area (Å²) >= 11 is 0. The fourth-order valence-corrected chi connectivity index (χ4v) is 2.22. The molecule has 0 aliphatic rings. The van der Waals surface area contributed by atoms with Crippen LogP contribution < -0.4 is 10.5 Å². The Morgan fingerprint density at radius 2 is 1.86 bits per heavy atom. The lowest BCUT2D eigenvalue weighted by Crippen LogP contribution is -1.99. The van der Waals surface area contributed by atoms with Gasteiger partial charge in [0.15, 0.2) is 0 Å². The van der Waals surface area contributed by atoms with Crippen LogP contribution in [0.2, 0.25) is 0 Å². The monoisotopic (exact) mass is 280 g/mol. The SMILES string of the molecule is Nc1ccc(COc2ccc(CO)cc2)c2ncccc12. The average molecular weight is 280 g/mol. The molecule has 4 nitrogen and oxygen atoms in total. The fourth-order valence-electron chi connectivity index (χ4n) is 2.22. The van der Waals surface area contributed by atoms with Gasteiger partial charge in [-0.05, 0) is 35.9 Å². The Morgan fingerprint density at radius 1 is 1.05 bits per heavy atom. The predicted molar refractivity (Wildman–Crippen MR) is 82.9 cm³/mol. The van der Waals surface area contributed by atoms with Crippen molar-refractivity contribution in [1.82, 2.24) is 4.98 Å². The van der Waals surface area contributed by atoms with E-state index in [4.69, 9.17) is 15.6 Å². The summed E-state index contributed by atoms with van der Waals surface area (Å²) in [4.78, 5) is 4.39. The molecule has 0 unspecified atom stereocenters. The molecule has 0 bridgehead atoms. The van der Waals surface area contributed by atoms with E-state index in [1.54, 1.807) is 6.20 Å². The molecule has 21 heavy (non-hydrogen) atoms. The molecular formula is C17H16N2O2. The van der Waals surface area contributed by atoms with Gasteiger partial charge in [0.05, 0.1) is 12.1 Å². The van der Waals surface area contributed by atoms with Crippen molar-refractivity contribution in [2.45, 2.75) is 13.2 Å². The van der Waals surface area contributed by atoms with Gasteiger partial charge in [0.1, 0.15) is 12.4 Å². The van der Waals surface area contributed by atoms with Gasteiger partial charge in [-0.3, -0.25) is 4.98 Å². The molecule has 0 spiro atoms. The van der Waals surface area contributed by atoms with Gasteiger partial charge in [0.25, 0.3) is 0 Å². The maximum Gasteiger partial charge on any atom is 0.119 e. The van der Waals surface area contributed by atoms with E-state index in [9.17, 15) is 0 Å². The summed E-state index contributed by atoms with van der Waals surface area (Å²) < 4.78 is 5.78. The van der Waals surface area contributed by atoms with Crippen LogP contribution in [0.5, 0.6) is 5.75 Å². The highest BCUT2D eigenvalue weighted by Gasteiger charge is 2.06. The number of aliphatic hydroxyl groups excluding tert-OH is 1. The van der Waals surface area contributed by atoms with E-state index in [-0.39, 0.29) is 6.61 Å². The van der Waals surface area contributed by atoms with Crippen LogP contribution in [0.3, 0.4) is 0 Å². The maximum atomic E-state index is 9.02. The third kappa shape index (κ3) is 2.80. The first kappa shape index (κ1) is 13.4. The number of fused-ring (bicyclic) bond motifs is 1. The largest absolute Gasteiger partial charge is 0.489 e. The number of hydrogen-bond donors (Lipinski definition) is 2. The van der Waals surface area contributed by atoms with Gasteiger partial charge >= 0.3 is 0 Å². The number of aromatic nitrogens is 1. The Kier molecular flexibility index (Phi) is 3.71. The highest BCUT2D eigenvalue weighted by Crippen LogP contribution is 2.24. The highest BCUT2D eigenvalue weighted by atomic mass is 16.5. The molecule has 0 aliphatic carbocycles. The van der Waals surface area contributed by atoms with Crippen LogP contribution in [0, 0.1) is 0 Å². The van der Waals surface area contributed by atoms with Crippen molar-refractivity contribution in [3.05, 3.63) is 65.9 Å². The number of nitrogens with zero attached hydrogens (tertiary/aromatic N) is 1. The van der Waals surface area contributed by atoms with E-state index in [1.165, 1.54) is 0 Å². The molecule has 0 saturated carbocycles. The van der Waals surface area contributed by atoms with E-state index in [0.29, 0.717) is 12.3 Å². The first-order valence-electron chi connectivity index (χ1n) is 6.72. The van der Waals surface area contributed by atoms with Gasteiger partial charge in [-0.2, -0.15) is 0 Å². The minimum atomic E-state index is 0.0345. The second-order valence-corrected chi connectivity index (χ2v) is 4.80. The molecule has 3 rings (SSSR count). The number of hydrogen-bond acceptors (Lipinski definition) is 4. The molecule has 0 amide bonds. The minimum absolute atomic E-state index is 0.0345. The van der Waals surface area contributed by atoms with E-state index >= 15 is 0 Å². The molecule has 0 saturated heterocycles. The average Bonchev–Trinajstić information content (AvgIpc) is 2.55. The van der Waals surface area contributed by atoms with Crippen molar-refractivity contribution in [3.8, 4) is 5.75 Å². The predicted octanol–water partition coefficient (Wildman–Crippen LogP) is 2.89. The number of ether oxygens (including phenoxy) is 1. The number of nitrogen functional groups attached to an aromatic ring is 1. The van der Waals surface area contributed by atoms with Crippen LogP contribution in [0.15, 0.2) is 54.7 Å². The molecule has 3 aromatic rings. The van der Waals surface area contributed by atoms with Gasteiger partial charge in [-0.25, -0.2) is 0 Å². The summed E-state index contributed by atoms with van der Waals surface area (Å²) in [7, 11) is 0. The van der Waals surface area contributed by atoms with Gasteiger partial charge in [-0.1, -0.05) is 18.2 Å². The Bertz CT molecular complexity index is 754. The lowest BCUT2D eigenvalue weighted by atomic mass is 10.1. The van der Waals surface area contributed by atoms with Crippen molar-refractivity contribution in [2.75, 3.05) is 5.73 Å². The minimum Gasteiger partial charge on any atom is -0.489 e. The smallest absolute Gasteiger partial charge is 0.119 e. The van der Waals surface area contributed by atoms with E-state index in [1.807, 2.05) is 48.5 Å². The maximum absolute atomic E-state index is 9.02. The molecule has 4 heteroatoms. The van der Waals surface area contributed by atoms with Crippen LogP contribution in [0.25, 0.3) is 10.9 Å². The quantitative estimate of drug-likeness (QED) is 0.721. The van der Waals surface area contributed by atoms with Gasteiger partial charge < -0.3 is 15.6 Å². The summed E-state index contributed by atoms with van der Waals surface area (Å²) in [6.45, 7) is 0.457. The summed E-state index contributed by atoms with van der Waals surface area (Å²) in [6, 6.07) is 15.0. The van der Waals surface area contributed by atoms with Crippen LogP contribution in [-0.4, -0.2) is 10.1 Å². The highest BCUT2D eigenvalue weighted by molar-refractivity contribution is 5.92. The van der Waals surface area contributed by atoms with Crippen molar-refractivity contribution in [1.29, 1.82) is 0 Å². The zero-order valence-electron chi connectivity index (χ0n) is 11.5. The van der Waals surface area contributed by atoms with E-state index in [0.717, 1.165) is 27.8 Å². The van der Waals surface area contributed by atoms with Gasteiger partial charge in [0.2, 0.25) is 0 Å². The van der Waals surface area contributed by atoms with Crippen molar-refractivity contribution in [2.24, 2.45) is 0 Å². The summed E-state index contributed by atoms with van der Waals surface area (Å²) in [5, 5.41) is 9.96. The summed E-state index contributed by atoms with van der Waals surface area (Å²) in [5.41, 5.74) is 9.40. The normalized spacial score (nSPS) is 10.7. The molecule has 1 heterocycles. The Morgan fingerprint density at radius 3 is 2.62 bits per heavy atom. The first-order chi connectivity index (χ1) is 10.3. The number of anilines is 1. The second kappa shape index (κ2) is 5.81. The molecule has 2 aromatic carbocycles. The molecular weight excluding hydrogens is 264 g/mol. The van der Waals surface area contributed by atoms with Crippen LogP contribution in [0.1, 0.15) is 11.1 Å². The fraction of sp³-hybridized carbons (Fsp3) is 0.118. The third-order valence-electron chi connectivity index (χ3n) is 3.39. The number of rotatable bonds is 4. The van der Waals surface area contributed by atoms with Crippen molar-refractivity contribution in [3.63, 3.8) is 0 Å². The number of pyridine rings is 1. The second-order valence-electron chi connectivity index (χ2n) is 4.80. The Balaban J connectivity index is 1.83. The standard InChI is InChI=1S/C17H16N2O2/c18-16-8-5-13(17-15(16)2-1-9-19-17)11-21-14-6-3-12(10-20)4-7-14/h1-9,20H,10-11,18H2. The molecule has 0 radical (unpaired) electrons. The Labute approximate surface area is 122 Å². The van der Waals surface area contributed by atoms with E-state index in [2.05, 4.69) is 4.98 Å². The third-order valence-corrected chi connectivity index (χ3v) is 3.39. The zero-order valence-corrected chi connectivity index (χ0v) is 11.5. The van der Waals surface area contributed by atoms with Crippen LogP contribution in [0.4, 0.5) is 5.69 Å². The topological polar surface area (TPSA) is 68.4 Å². The zero-order chi connectivity index (χ0) is 14.7. The van der Waals surface area contributed by atoms with Gasteiger partial charge in [0, 0.05) is 22.8 Å². The number of benzene rings is 2. The molecule has 106 valence electrons. The molecule has 0 atom stereocenters. The summed E-state index contributed by atoms with van der Waals surface area (Å²) in [5.74, 6) is 0.758. The lowest BCUT2D eigenvalue weighted by molar-refractivity contribution is 0.281. The van der Waals surface area contributed by atoms with Gasteiger partial charge in [-0.15, -0.1) is 0 Å². The van der Waals surface area contributed by atoms with Crippen LogP contribution in [-0.2, 0) is 13.2 Å². The number of aliphatic hydroxyl groups is 1. The van der Waals surface area contributed by atoms with E-state index < -0.39 is 0 Å².